The Morgan fingerprint density at radius 1 is 1.24 bits per heavy atom. The smallest absolute Gasteiger partial charge is 0.262 e. The van der Waals surface area contributed by atoms with Crippen LogP contribution in [0.25, 0.3) is 0 Å². The molecular weight excluding hydrogens is 324 g/mol. The highest BCUT2D eigenvalue weighted by Gasteiger charge is 2.48. The van der Waals surface area contributed by atoms with Gasteiger partial charge in [0.05, 0.1) is 12.4 Å². The zero-order valence-electron chi connectivity index (χ0n) is 14.0. The van der Waals surface area contributed by atoms with Crippen molar-refractivity contribution in [3.05, 3.63) is 23.8 Å². The highest BCUT2D eigenvalue weighted by molar-refractivity contribution is 6.00. The van der Waals surface area contributed by atoms with Crippen molar-refractivity contribution in [1.82, 2.24) is 15.1 Å². The Balaban J connectivity index is 1.49. The number of likely N-dealkylation sites (tertiary alicyclic amines) is 1. The van der Waals surface area contributed by atoms with E-state index in [-0.39, 0.29) is 24.3 Å². The molecule has 8 nitrogen and oxygen atoms in total. The van der Waals surface area contributed by atoms with Gasteiger partial charge in [0.25, 0.3) is 11.8 Å². The number of rotatable bonds is 1. The molecule has 3 aliphatic heterocycles. The number of carbonyl (C=O) groups is 3. The van der Waals surface area contributed by atoms with Crippen LogP contribution in [0.5, 0.6) is 5.75 Å². The quantitative estimate of drug-likeness (QED) is 0.749. The summed E-state index contributed by atoms with van der Waals surface area (Å²) in [5.41, 5.74) is 0.532. The molecule has 2 fully saturated rings. The minimum atomic E-state index is -0.492. The van der Waals surface area contributed by atoms with E-state index < -0.39 is 5.54 Å². The van der Waals surface area contributed by atoms with E-state index >= 15 is 0 Å². The molecular formula is C17H20N4O4. The maximum absolute atomic E-state index is 12.8. The largest absolute Gasteiger partial charge is 0.482 e. The van der Waals surface area contributed by atoms with Crippen LogP contribution >= 0.6 is 0 Å². The fraction of sp³-hybridized carbons (Fsp3) is 0.471. The topological polar surface area (TPSA) is 91.0 Å². The zero-order chi connectivity index (χ0) is 17.6. The molecule has 0 aliphatic carbocycles. The number of carbonyl (C=O) groups excluding carboxylic acids is 3. The fourth-order valence-electron chi connectivity index (χ4n) is 3.77. The summed E-state index contributed by atoms with van der Waals surface area (Å²) in [4.78, 5) is 40.2. The van der Waals surface area contributed by atoms with Gasteiger partial charge in [-0.3, -0.25) is 19.3 Å². The summed E-state index contributed by atoms with van der Waals surface area (Å²) in [5, 5.41) is 5.59. The van der Waals surface area contributed by atoms with Gasteiger partial charge in [-0.15, -0.1) is 0 Å². The van der Waals surface area contributed by atoms with Gasteiger partial charge in [-0.2, -0.15) is 0 Å². The van der Waals surface area contributed by atoms with E-state index in [1.165, 1.54) is 0 Å². The van der Waals surface area contributed by atoms with Gasteiger partial charge >= 0.3 is 0 Å². The summed E-state index contributed by atoms with van der Waals surface area (Å²) in [5.74, 6) is 0.291. The highest BCUT2D eigenvalue weighted by Crippen LogP contribution is 2.33. The van der Waals surface area contributed by atoms with Crippen LogP contribution in [0.3, 0.4) is 0 Å². The van der Waals surface area contributed by atoms with E-state index in [1.54, 1.807) is 23.1 Å². The van der Waals surface area contributed by atoms with Crippen LogP contribution in [-0.4, -0.2) is 66.5 Å². The molecule has 0 saturated carbocycles. The first-order valence-corrected chi connectivity index (χ1v) is 8.35. The van der Waals surface area contributed by atoms with E-state index in [2.05, 4.69) is 10.6 Å². The number of likely N-dealkylation sites (N-methyl/N-ethyl adjacent to an activating group) is 1. The Morgan fingerprint density at radius 2 is 2.00 bits per heavy atom. The van der Waals surface area contributed by atoms with Gasteiger partial charge in [-0.25, -0.2) is 0 Å². The average molecular weight is 344 g/mol. The number of anilines is 1. The Bertz CT molecular complexity index is 755. The maximum Gasteiger partial charge on any atom is 0.262 e. The van der Waals surface area contributed by atoms with Crippen molar-refractivity contribution >= 4 is 23.4 Å². The summed E-state index contributed by atoms with van der Waals surface area (Å²) < 4.78 is 5.32. The third-order valence-corrected chi connectivity index (χ3v) is 5.37. The molecule has 3 aliphatic rings. The van der Waals surface area contributed by atoms with Crippen molar-refractivity contribution in [1.29, 1.82) is 0 Å². The molecule has 8 heteroatoms. The van der Waals surface area contributed by atoms with Crippen molar-refractivity contribution < 1.29 is 19.1 Å². The van der Waals surface area contributed by atoms with Gasteiger partial charge in [0, 0.05) is 18.7 Å². The van der Waals surface area contributed by atoms with Crippen LogP contribution in [-0.2, 0) is 9.59 Å². The van der Waals surface area contributed by atoms with E-state index in [0.717, 1.165) is 0 Å². The Kier molecular flexibility index (Phi) is 3.64. The molecule has 0 atom stereocenters. The van der Waals surface area contributed by atoms with Crippen molar-refractivity contribution in [2.24, 2.45) is 0 Å². The summed E-state index contributed by atoms with van der Waals surface area (Å²) in [6, 6.07) is 5.05. The second-order valence-electron chi connectivity index (χ2n) is 6.73. The zero-order valence-corrected chi connectivity index (χ0v) is 14.0. The van der Waals surface area contributed by atoms with Crippen LogP contribution in [0, 0.1) is 0 Å². The number of hydrogen-bond donors (Lipinski definition) is 2. The molecule has 0 unspecified atom stereocenters. The summed E-state index contributed by atoms with van der Waals surface area (Å²) in [7, 11) is 1.93. The van der Waals surface area contributed by atoms with Crippen LogP contribution in [0.2, 0.25) is 0 Å². The number of nitrogens with one attached hydrogen (secondary N) is 2. The number of benzene rings is 1. The second kappa shape index (κ2) is 5.73. The van der Waals surface area contributed by atoms with E-state index in [1.807, 2.05) is 11.9 Å². The Labute approximate surface area is 145 Å². The van der Waals surface area contributed by atoms with Crippen LogP contribution < -0.4 is 15.4 Å². The molecule has 1 spiro atoms. The SMILES string of the molecule is CN1CNC(=O)C12CCN(C(=O)c1ccc3c(c1)NC(=O)CO3)CC2. The monoisotopic (exact) mass is 344 g/mol. The standard InChI is InChI=1S/C17H20N4O4/c1-20-10-18-16(24)17(20)4-6-21(7-5-17)15(23)11-2-3-13-12(8-11)19-14(22)9-25-13/h2-3,8H,4-7,9-10H2,1H3,(H,18,24)(H,19,22). The van der Waals surface area contributed by atoms with Crippen LogP contribution in [0.15, 0.2) is 18.2 Å². The number of ether oxygens (including phenoxy) is 1. The lowest BCUT2D eigenvalue weighted by Crippen LogP contribution is -2.55. The maximum atomic E-state index is 12.8. The highest BCUT2D eigenvalue weighted by atomic mass is 16.5. The molecule has 132 valence electrons. The molecule has 2 N–H and O–H groups in total. The predicted molar refractivity (Wildman–Crippen MR) is 89.2 cm³/mol. The number of amides is 3. The molecule has 2 saturated heterocycles. The van der Waals surface area contributed by atoms with Crippen molar-refractivity contribution in [2.75, 3.05) is 38.7 Å². The van der Waals surface area contributed by atoms with Crippen molar-refractivity contribution in [3.63, 3.8) is 0 Å². The minimum Gasteiger partial charge on any atom is -0.482 e. The number of piperidine rings is 1. The lowest BCUT2D eigenvalue weighted by Gasteiger charge is -2.41. The van der Waals surface area contributed by atoms with Crippen molar-refractivity contribution in [3.8, 4) is 5.75 Å². The molecule has 1 aromatic rings. The van der Waals surface area contributed by atoms with Crippen LogP contribution in [0.1, 0.15) is 23.2 Å². The number of hydrogen-bond acceptors (Lipinski definition) is 5. The van der Waals surface area contributed by atoms with Gasteiger partial charge in [-0.1, -0.05) is 0 Å². The molecule has 4 rings (SSSR count). The van der Waals surface area contributed by atoms with Crippen molar-refractivity contribution in [2.45, 2.75) is 18.4 Å². The number of fused-ring (bicyclic) bond motifs is 1. The summed E-state index contributed by atoms with van der Waals surface area (Å²) >= 11 is 0. The lowest BCUT2D eigenvalue weighted by atomic mass is 9.86. The van der Waals surface area contributed by atoms with Gasteiger partial charge in [-0.05, 0) is 38.1 Å². The van der Waals surface area contributed by atoms with E-state index in [0.29, 0.717) is 49.6 Å². The molecule has 25 heavy (non-hydrogen) atoms. The first kappa shape index (κ1) is 15.9. The third kappa shape index (κ3) is 2.53. The van der Waals surface area contributed by atoms with Gasteiger partial charge in [0.2, 0.25) is 5.91 Å². The second-order valence-corrected chi connectivity index (χ2v) is 6.73. The Hall–Kier alpha value is -2.61. The first-order chi connectivity index (χ1) is 12.0. The van der Waals surface area contributed by atoms with E-state index in [4.69, 9.17) is 4.74 Å². The first-order valence-electron chi connectivity index (χ1n) is 8.35. The van der Waals surface area contributed by atoms with Gasteiger partial charge in [0.15, 0.2) is 6.61 Å². The van der Waals surface area contributed by atoms with Gasteiger partial charge in [0.1, 0.15) is 11.3 Å². The number of nitrogens with zero attached hydrogens (tertiary/aromatic N) is 2. The minimum absolute atomic E-state index is 0.00984. The molecule has 3 heterocycles. The summed E-state index contributed by atoms with van der Waals surface area (Å²) in [6.07, 6.45) is 1.23. The van der Waals surface area contributed by atoms with Crippen LogP contribution in [0.4, 0.5) is 5.69 Å². The average Bonchev–Trinajstić information content (AvgIpc) is 2.89. The fourth-order valence-corrected chi connectivity index (χ4v) is 3.77. The molecule has 3 amide bonds. The predicted octanol–water partition coefficient (Wildman–Crippen LogP) is 0.0114. The molecule has 0 aromatic heterocycles. The van der Waals surface area contributed by atoms with E-state index in [9.17, 15) is 14.4 Å². The van der Waals surface area contributed by atoms with Gasteiger partial charge < -0.3 is 20.3 Å². The molecule has 0 radical (unpaired) electrons. The normalized spacial score (nSPS) is 22.2. The lowest BCUT2D eigenvalue weighted by molar-refractivity contribution is -0.128. The molecule has 1 aromatic carbocycles. The summed E-state index contributed by atoms with van der Waals surface area (Å²) in [6.45, 7) is 1.59. The molecule has 0 bridgehead atoms. The third-order valence-electron chi connectivity index (χ3n) is 5.37. The Morgan fingerprint density at radius 3 is 2.68 bits per heavy atom.